The molecule has 1 aromatic rings. The molecular formula is C13H18F3N3O. The van der Waals surface area contributed by atoms with E-state index < -0.39 is 18.6 Å². The molecular weight excluding hydrogens is 271 g/mol. The summed E-state index contributed by atoms with van der Waals surface area (Å²) in [6.07, 6.45) is -1.79. The molecule has 7 heteroatoms. The molecule has 0 aliphatic carbocycles. The number of aromatic nitrogens is 1. The molecule has 0 saturated heterocycles. The first kappa shape index (κ1) is 16.4. The molecule has 2 N–H and O–H groups in total. The average Bonchev–Trinajstić information content (AvgIpc) is 2.41. The highest BCUT2D eigenvalue weighted by Crippen LogP contribution is 2.18. The quantitative estimate of drug-likeness (QED) is 0.874. The molecule has 0 saturated carbocycles. The molecule has 0 fully saturated rings. The number of halogens is 3. The van der Waals surface area contributed by atoms with Crippen LogP contribution in [0.15, 0.2) is 18.3 Å². The molecule has 0 aromatic carbocycles. The fraction of sp³-hybridized carbons (Fsp3) is 0.538. The Morgan fingerprint density at radius 2 is 2.15 bits per heavy atom. The number of alkyl halides is 3. The van der Waals surface area contributed by atoms with Crippen LogP contribution in [0.2, 0.25) is 0 Å². The standard InChI is InChI=1S/C13H18F3N3O/c1-2-3-6-19(9-13(14,15)16)12(20)10-4-5-18-11(7-10)8-17/h4-5,7H,2-3,6,8-9,17H2,1H3. The summed E-state index contributed by atoms with van der Waals surface area (Å²) in [5.74, 6) is -0.645. The highest BCUT2D eigenvalue weighted by atomic mass is 19.4. The molecule has 1 amide bonds. The number of carbonyl (C=O) groups is 1. The summed E-state index contributed by atoms with van der Waals surface area (Å²) in [5.41, 5.74) is 6.06. The number of carbonyl (C=O) groups excluding carboxylic acids is 1. The van der Waals surface area contributed by atoms with Gasteiger partial charge in [0.25, 0.3) is 5.91 Å². The van der Waals surface area contributed by atoms with Crippen molar-refractivity contribution < 1.29 is 18.0 Å². The maximum absolute atomic E-state index is 12.5. The van der Waals surface area contributed by atoms with E-state index in [1.54, 1.807) is 0 Å². The van der Waals surface area contributed by atoms with Gasteiger partial charge in [-0.05, 0) is 18.6 Å². The number of pyridine rings is 1. The average molecular weight is 289 g/mol. The van der Waals surface area contributed by atoms with Gasteiger partial charge in [-0.2, -0.15) is 13.2 Å². The van der Waals surface area contributed by atoms with Gasteiger partial charge >= 0.3 is 6.18 Å². The van der Waals surface area contributed by atoms with Crippen LogP contribution < -0.4 is 5.73 Å². The molecule has 1 rings (SSSR count). The largest absolute Gasteiger partial charge is 0.406 e. The van der Waals surface area contributed by atoms with Gasteiger partial charge in [0, 0.05) is 24.8 Å². The van der Waals surface area contributed by atoms with Crippen molar-refractivity contribution in [2.45, 2.75) is 32.5 Å². The van der Waals surface area contributed by atoms with Crippen molar-refractivity contribution in [2.24, 2.45) is 5.73 Å². The first-order valence-electron chi connectivity index (χ1n) is 6.38. The Labute approximate surface area is 115 Å². The van der Waals surface area contributed by atoms with E-state index in [1.165, 1.54) is 18.3 Å². The van der Waals surface area contributed by atoms with Gasteiger partial charge in [0.2, 0.25) is 0 Å². The molecule has 0 spiro atoms. The van der Waals surface area contributed by atoms with Crippen LogP contribution in [0.4, 0.5) is 13.2 Å². The second kappa shape index (κ2) is 7.23. The minimum absolute atomic E-state index is 0.0785. The Morgan fingerprint density at radius 1 is 1.45 bits per heavy atom. The van der Waals surface area contributed by atoms with E-state index >= 15 is 0 Å². The maximum atomic E-state index is 12.5. The zero-order valence-electron chi connectivity index (χ0n) is 11.3. The van der Waals surface area contributed by atoms with E-state index in [9.17, 15) is 18.0 Å². The number of unbranched alkanes of at least 4 members (excludes halogenated alkanes) is 1. The zero-order valence-corrected chi connectivity index (χ0v) is 11.3. The Kier molecular flexibility index (Phi) is 5.94. The molecule has 0 unspecified atom stereocenters. The number of nitrogens with two attached hydrogens (primary N) is 1. The van der Waals surface area contributed by atoms with E-state index in [4.69, 9.17) is 5.73 Å². The molecule has 20 heavy (non-hydrogen) atoms. The number of amides is 1. The maximum Gasteiger partial charge on any atom is 0.406 e. The van der Waals surface area contributed by atoms with Crippen molar-refractivity contribution in [3.63, 3.8) is 0 Å². The van der Waals surface area contributed by atoms with Crippen LogP contribution in [0.25, 0.3) is 0 Å². The van der Waals surface area contributed by atoms with Crippen LogP contribution in [0.1, 0.15) is 35.8 Å². The molecule has 0 aliphatic rings. The predicted octanol–water partition coefficient (Wildman–Crippen LogP) is 2.34. The third-order valence-electron chi connectivity index (χ3n) is 2.71. The van der Waals surface area contributed by atoms with Gasteiger partial charge in [-0.1, -0.05) is 13.3 Å². The molecule has 0 bridgehead atoms. The Morgan fingerprint density at radius 3 is 2.70 bits per heavy atom. The lowest BCUT2D eigenvalue weighted by molar-refractivity contribution is -0.140. The van der Waals surface area contributed by atoms with Gasteiger partial charge in [0.15, 0.2) is 0 Å². The number of nitrogens with zero attached hydrogens (tertiary/aromatic N) is 2. The van der Waals surface area contributed by atoms with E-state index in [1.807, 2.05) is 6.92 Å². The van der Waals surface area contributed by atoms with Crippen molar-refractivity contribution in [1.82, 2.24) is 9.88 Å². The summed E-state index contributed by atoms with van der Waals surface area (Å²) < 4.78 is 37.6. The van der Waals surface area contributed by atoms with Gasteiger partial charge in [-0.15, -0.1) is 0 Å². The second-order valence-corrected chi connectivity index (χ2v) is 4.44. The lowest BCUT2D eigenvalue weighted by Crippen LogP contribution is -2.39. The first-order valence-corrected chi connectivity index (χ1v) is 6.38. The summed E-state index contributed by atoms with van der Waals surface area (Å²) in [5, 5.41) is 0. The zero-order chi connectivity index (χ0) is 15.2. The summed E-state index contributed by atoms with van der Waals surface area (Å²) in [6.45, 7) is 0.825. The molecule has 4 nitrogen and oxygen atoms in total. The summed E-state index contributed by atoms with van der Waals surface area (Å²) in [7, 11) is 0. The van der Waals surface area contributed by atoms with Crippen LogP contribution >= 0.6 is 0 Å². The van der Waals surface area contributed by atoms with Gasteiger partial charge < -0.3 is 10.6 Å². The van der Waals surface area contributed by atoms with Crippen molar-refractivity contribution in [3.8, 4) is 0 Å². The van der Waals surface area contributed by atoms with Gasteiger partial charge in [-0.3, -0.25) is 9.78 Å². The van der Waals surface area contributed by atoms with Crippen LogP contribution in [0.5, 0.6) is 0 Å². The molecule has 0 aliphatic heterocycles. The Bertz CT molecular complexity index is 449. The van der Waals surface area contributed by atoms with Gasteiger partial charge in [-0.25, -0.2) is 0 Å². The highest BCUT2D eigenvalue weighted by molar-refractivity contribution is 5.94. The van der Waals surface area contributed by atoms with Gasteiger partial charge in [0.1, 0.15) is 6.54 Å². The molecule has 1 aromatic heterocycles. The van der Waals surface area contributed by atoms with Crippen molar-refractivity contribution in [1.29, 1.82) is 0 Å². The fourth-order valence-electron chi connectivity index (χ4n) is 1.72. The van der Waals surface area contributed by atoms with Crippen LogP contribution in [0.3, 0.4) is 0 Å². The third-order valence-corrected chi connectivity index (χ3v) is 2.71. The lowest BCUT2D eigenvalue weighted by atomic mass is 10.2. The topological polar surface area (TPSA) is 59.2 Å². The van der Waals surface area contributed by atoms with Crippen molar-refractivity contribution in [3.05, 3.63) is 29.6 Å². The van der Waals surface area contributed by atoms with E-state index in [0.717, 1.165) is 4.90 Å². The molecule has 0 atom stereocenters. The predicted molar refractivity (Wildman–Crippen MR) is 69.0 cm³/mol. The summed E-state index contributed by atoms with van der Waals surface area (Å²) >= 11 is 0. The first-order chi connectivity index (χ1) is 9.37. The Hall–Kier alpha value is -1.63. The second-order valence-electron chi connectivity index (χ2n) is 4.44. The minimum atomic E-state index is -4.41. The smallest absolute Gasteiger partial charge is 0.330 e. The van der Waals surface area contributed by atoms with E-state index in [-0.39, 0.29) is 18.7 Å². The fourth-order valence-corrected chi connectivity index (χ4v) is 1.72. The number of hydrogen-bond acceptors (Lipinski definition) is 3. The SMILES string of the molecule is CCCCN(CC(F)(F)F)C(=O)c1ccnc(CN)c1. The molecule has 1 heterocycles. The number of hydrogen-bond donors (Lipinski definition) is 1. The molecule has 112 valence electrons. The third kappa shape index (κ3) is 5.16. The number of rotatable bonds is 6. The summed E-state index contributed by atoms with van der Waals surface area (Å²) in [4.78, 5) is 16.9. The van der Waals surface area contributed by atoms with Crippen molar-refractivity contribution >= 4 is 5.91 Å². The monoisotopic (exact) mass is 289 g/mol. The van der Waals surface area contributed by atoms with Gasteiger partial charge in [0.05, 0.1) is 5.69 Å². The van der Waals surface area contributed by atoms with Crippen LogP contribution in [-0.2, 0) is 6.54 Å². The Balaban J connectivity index is 2.90. The normalized spacial score (nSPS) is 11.4. The molecule has 0 radical (unpaired) electrons. The van der Waals surface area contributed by atoms with E-state index in [0.29, 0.717) is 18.5 Å². The van der Waals surface area contributed by atoms with Crippen LogP contribution in [0, 0.1) is 0 Å². The van der Waals surface area contributed by atoms with Crippen LogP contribution in [-0.4, -0.2) is 35.1 Å². The summed E-state index contributed by atoms with van der Waals surface area (Å²) in [6, 6.07) is 2.83. The minimum Gasteiger partial charge on any atom is -0.330 e. The van der Waals surface area contributed by atoms with E-state index in [2.05, 4.69) is 4.98 Å². The van der Waals surface area contributed by atoms with Crippen molar-refractivity contribution in [2.75, 3.05) is 13.1 Å². The lowest BCUT2D eigenvalue weighted by Gasteiger charge is -2.24. The highest BCUT2D eigenvalue weighted by Gasteiger charge is 2.33.